The molecule has 0 bridgehead atoms. The van der Waals surface area contributed by atoms with Gasteiger partial charge in [0.1, 0.15) is 40.9 Å². The molecule has 3 aromatic heterocycles. The minimum absolute atomic E-state index is 0.355. The number of ether oxygens (including phenoxy) is 2. The zero-order valence-electron chi connectivity index (χ0n) is 18.9. The number of pyridine rings is 3. The fourth-order valence-corrected chi connectivity index (χ4v) is 4.69. The van der Waals surface area contributed by atoms with Crippen molar-refractivity contribution in [3.8, 4) is 29.1 Å². The molecule has 0 aliphatic carbocycles. The zero-order chi connectivity index (χ0) is 23.8. The molecule has 3 aromatic rings. The number of methoxy groups -OCH3 is 1. The lowest BCUT2D eigenvalue weighted by Gasteiger charge is -2.21. The normalized spacial score (nSPS) is 12.9. The number of nitrogens with zero attached hydrogens (tertiary/aromatic N) is 6. The molecule has 0 aromatic carbocycles. The Kier molecular flexibility index (Phi) is 7.92. The molecule has 34 heavy (non-hydrogen) atoms. The molecule has 0 unspecified atom stereocenters. The van der Waals surface area contributed by atoms with E-state index in [2.05, 4.69) is 27.0 Å². The van der Waals surface area contributed by atoms with Gasteiger partial charge in [0.25, 0.3) is 0 Å². The first-order valence-electron chi connectivity index (χ1n) is 11.0. The van der Waals surface area contributed by atoms with Crippen molar-refractivity contribution in [3.63, 3.8) is 0 Å². The summed E-state index contributed by atoms with van der Waals surface area (Å²) in [6.07, 6.45) is 7.23. The van der Waals surface area contributed by atoms with Gasteiger partial charge >= 0.3 is 0 Å². The van der Waals surface area contributed by atoms with Gasteiger partial charge in [-0.25, -0.2) is 4.98 Å². The molecule has 0 N–H and O–H groups in total. The van der Waals surface area contributed by atoms with Crippen LogP contribution in [0.3, 0.4) is 0 Å². The van der Waals surface area contributed by atoms with Gasteiger partial charge in [-0.1, -0.05) is 6.07 Å². The van der Waals surface area contributed by atoms with Crippen molar-refractivity contribution >= 4 is 17.6 Å². The molecule has 4 heterocycles. The molecule has 0 amide bonds. The largest absolute Gasteiger partial charge is 0.490 e. The van der Waals surface area contributed by atoms with Crippen LogP contribution in [0.5, 0.6) is 5.75 Å². The standard InChI is InChI=1S/C25H24N6O2S/c1-32-11-12-33-19-6-7-22(29-16-19)23-20(13-26)24(31-9-2-3-10-31)30-25(21(23)14-27)34-17-18-5-4-8-28-15-18/h4-8,15-16H,2-3,9-12,17H2,1H3. The highest BCUT2D eigenvalue weighted by atomic mass is 32.2. The smallest absolute Gasteiger partial charge is 0.148 e. The lowest BCUT2D eigenvalue weighted by Crippen LogP contribution is -2.21. The molecule has 1 aliphatic heterocycles. The van der Waals surface area contributed by atoms with E-state index in [-0.39, 0.29) is 0 Å². The van der Waals surface area contributed by atoms with Crippen molar-refractivity contribution < 1.29 is 9.47 Å². The highest BCUT2D eigenvalue weighted by molar-refractivity contribution is 7.98. The second kappa shape index (κ2) is 11.5. The molecule has 4 rings (SSSR count). The minimum Gasteiger partial charge on any atom is -0.490 e. The van der Waals surface area contributed by atoms with Crippen molar-refractivity contribution in [1.29, 1.82) is 10.5 Å². The van der Waals surface area contributed by atoms with Gasteiger partial charge in [0.05, 0.1) is 24.1 Å². The van der Waals surface area contributed by atoms with Crippen LogP contribution in [0.4, 0.5) is 5.82 Å². The zero-order valence-corrected chi connectivity index (χ0v) is 19.7. The lowest BCUT2D eigenvalue weighted by molar-refractivity contribution is 0.146. The number of rotatable bonds is 9. The first-order valence-corrected chi connectivity index (χ1v) is 12.0. The molecule has 0 radical (unpaired) electrons. The Labute approximate surface area is 203 Å². The fourth-order valence-electron chi connectivity index (χ4n) is 3.77. The van der Waals surface area contributed by atoms with Gasteiger partial charge < -0.3 is 14.4 Å². The van der Waals surface area contributed by atoms with Crippen molar-refractivity contribution in [1.82, 2.24) is 15.0 Å². The summed E-state index contributed by atoms with van der Waals surface area (Å²) in [5.74, 6) is 1.82. The van der Waals surface area contributed by atoms with Crippen LogP contribution in [0.2, 0.25) is 0 Å². The maximum Gasteiger partial charge on any atom is 0.148 e. The SMILES string of the molecule is COCCOc1ccc(-c2c(C#N)c(SCc3cccnc3)nc(N3CCCC3)c2C#N)nc1. The van der Waals surface area contributed by atoms with Crippen molar-refractivity contribution in [2.24, 2.45) is 0 Å². The maximum atomic E-state index is 10.1. The van der Waals surface area contributed by atoms with Crippen LogP contribution in [0.15, 0.2) is 47.9 Å². The number of thioether (sulfide) groups is 1. The number of hydrogen-bond donors (Lipinski definition) is 0. The van der Waals surface area contributed by atoms with Gasteiger partial charge in [-0.15, -0.1) is 11.8 Å². The van der Waals surface area contributed by atoms with Crippen molar-refractivity contribution in [2.75, 3.05) is 38.3 Å². The summed E-state index contributed by atoms with van der Waals surface area (Å²) in [5, 5.41) is 20.8. The van der Waals surface area contributed by atoms with Crippen LogP contribution in [0, 0.1) is 22.7 Å². The molecule has 0 atom stereocenters. The highest BCUT2D eigenvalue weighted by Crippen LogP contribution is 2.39. The summed E-state index contributed by atoms with van der Waals surface area (Å²) in [6, 6.07) is 12.0. The van der Waals surface area contributed by atoms with Gasteiger partial charge in [0.15, 0.2) is 0 Å². The molecular formula is C25H24N6O2S. The third-order valence-corrected chi connectivity index (χ3v) is 6.47. The lowest BCUT2D eigenvalue weighted by atomic mass is 10.0. The molecule has 0 saturated carbocycles. The predicted molar refractivity (Wildman–Crippen MR) is 130 cm³/mol. The van der Waals surface area contributed by atoms with E-state index in [0.29, 0.717) is 57.9 Å². The summed E-state index contributed by atoms with van der Waals surface area (Å²) in [6.45, 7) is 2.55. The first kappa shape index (κ1) is 23.5. The summed E-state index contributed by atoms with van der Waals surface area (Å²) >= 11 is 1.47. The van der Waals surface area contributed by atoms with E-state index in [4.69, 9.17) is 14.5 Å². The average Bonchev–Trinajstić information content (AvgIpc) is 3.42. The van der Waals surface area contributed by atoms with Crippen LogP contribution in [0.1, 0.15) is 29.5 Å². The molecule has 9 heteroatoms. The van der Waals surface area contributed by atoms with Gasteiger partial charge in [-0.05, 0) is 36.6 Å². The van der Waals surface area contributed by atoms with E-state index < -0.39 is 0 Å². The molecule has 172 valence electrons. The minimum atomic E-state index is 0.355. The van der Waals surface area contributed by atoms with E-state index in [0.717, 1.165) is 31.5 Å². The highest BCUT2D eigenvalue weighted by Gasteiger charge is 2.26. The summed E-state index contributed by atoms with van der Waals surface area (Å²) in [5.41, 5.74) is 2.82. The van der Waals surface area contributed by atoms with Crippen LogP contribution < -0.4 is 9.64 Å². The Morgan fingerprint density at radius 2 is 1.88 bits per heavy atom. The quantitative estimate of drug-likeness (QED) is 0.334. The second-order valence-corrected chi connectivity index (χ2v) is 8.62. The molecular weight excluding hydrogens is 448 g/mol. The summed E-state index contributed by atoms with van der Waals surface area (Å²) in [7, 11) is 1.61. The monoisotopic (exact) mass is 472 g/mol. The second-order valence-electron chi connectivity index (χ2n) is 7.65. The summed E-state index contributed by atoms with van der Waals surface area (Å²) < 4.78 is 10.6. The van der Waals surface area contributed by atoms with E-state index in [1.54, 1.807) is 37.8 Å². The van der Waals surface area contributed by atoms with Crippen molar-refractivity contribution in [2.45, 2.75) is 23.6 Å². The third-order valence-electron chi connectivity index (χ3n) is 5.42. The Bertz CT molecular complexity index is 1200. The molecule has 1 aliphatic rings. The molecule has 8 nitrogen and oxygen atoms in total. The van der Waals surface area contributed by atoms with Crippen LogP contribution in [-0.4, -0.2) is 48.4 Å². The molecule has 1 saturated heterocycles. The third kappa shape index (κ3) is 5.28. The predicted octanol–water partition coefficient (Wildman–Crippen LogP) is 4.20. The Morgan fingerprint density at radius 3 is 2.53 bits per heavy atom. The van der Waals surface area contributed by atoms with E-state index in [1.165, 1.54) is 11.8 Å². The van der Waals surface area contributed by atoms with Gasteiger partial charge in [-0.3, -0.25) is 9.97 Å². The van der Waals surface area contributed by atoms with E-state index in [9.17, 15) is 10.5 Å². The van der Waals surface area contributed by atoms with Crippen LogP contribution in [-0.2, 0) is 10.5 Å². The van der Waals surface area contributed by atoms with Crippen molar-refractivity contribution in [3.05, 3.63) is 59.5 Å². The van der Waals surface area contributed by atoms with Crippen LogP contribution in [0.25, 0.3) is 11.3 Å². The van der Waals surface area contributed by atoms with Gasteiger partial charge in [0, 0.05) is 43.9 Å². The Morgan fingerprint density at radius 1 is 1.06 bits per heavy atom. The molecule has 0 spiro atoms. The first-order chi connectivity index (χ1) is 16.7. The average molecular weight is 473 g/mol. The number of anilines is 1. The van der Waals surface area contributed by atoms with E-state index in [1.807, 2.05) is 12.1 Å². The number of hydrogen-bond acceptors (Lipinski definition) is 9. The Balaban J connectivity index is 1.77. The summed E-state index contributed by atoms with van der Waals surface area (Å²) in [4.78, 5) is 15.7. The number of aromatic nitrogens is 3. The van der Waals surface area contributed by atoms with Gasteiger partial charge in [0.2, 0.25) is 0 Å². The van der Waals surface area contributed by atoms with Crippen LogP contribution >= 0.6 is 11.8 Å². The molecule has 1 fully saturated rings. The topological polar surface area (TPSA) is 108 Å². The number of nitriles is 2. The Hall–Kier alpha value is -3.66. The van der Waals surface area contributed by atoms with E-state index >= 15 is 0 Å². The fraction of sp³-hybridized carbons (Fsp3) is 0.320. The van der Waals surface area contributed by atoms with Gasteiger partial charge in [-0.2, -0.15) is 10.5 Å². The maximum absolute atomic E-state index is 10.1.